The van der Waals surface area contributed by atoms with E-state index in [4.69, 9.17) is 9.72 Å². The average molecular weight is 499 g/mol. The number of carbonyl (C=O) groups excluding carboxylic acids is 2. The molecule has 1 heterocycles. The zero-order valence-electron chi connectivity index (χ0n) is 18.9. The molecule has 4 rings (SSSR count). The van der Waals surface area contributed by atoms with Gasteiger partial charge in [-0.15, -0.1) is 11.3 Å². The van der Waals surface area contributed by atoms with Gasteiger partial charge in [-0.05, 0) is 43.4 Å². The van der Waals surface area contributed by atoms with E-state index in [0.717, 1.165) is 36.9 Å². The maximum absolute atomic E-state index is 13.2. The molecule has 178 valence electrons. The Balaban J connectivity index is 1.55. The molecule has 0 saturated carbocycles. The lowest BCUT2D eigenvalue weighted by atomic mass is 10.0. The number of thiazole rings is 1. The number of nitrogens with zero attached hydrogens (tertiary/aromatic N) is 2. The van der Waals surface area contributed by atoms with Gasteiger partial charge in [0.05, 0.1) is 28.5 Å². The number of sulfone groups is 1. The summed E-state index contributed by atoms with van der Waals surface area (Å²) in [5, 5.41) is 0.589. The minimum Gasteiger partial charge on any atom is -0.452 e. The molecule has 0 spiro atoms. The Morgan fingerprint density at radius 3 is 2.47 bits per heavy atom. The number of aromatic nitrogens is 1. The van der Waals surface area contributed by atoms with E-state index in [2.05, 4.69) is 0 Å². The van der Waals surface area contributed by atoms with Gasteiger partial charge in [0, 0.05) is 4.88 Å². The fourth-order valence-electron chi connectivity index (χ4n) is 3.83. The van der Waals surface area contributed by atoms with Crippen molar-refractivity contribution < 1.29 is 22.7 Å². The molecule has 2 aromatic carbocycles. The summed E-state index contributed by atoms with van der Waals surface area (Å²) in [6.07, 6.45) is 4.05. The molecule has 0 fully saturated rings. The molecule has 0 aliphatic heterocycles. The number of hydrogen-bond acceptors (Lipinski definition) is 7. The highest BCUT2D eigenvalue weighted by molar-refractivity contribution is 7.91. The second-order valence-electron chi connectivity index (χ2n) is 8.01. The zero-order valence-corrected chi connectivity index (χ0v) is 20.5. The molecule has 34 heavy (non-hydrogen) atoms. The number of benzene rings is 2. The molecule has 0 atom stereocenters. The predicted molar refractivity (Wildman–Crippen MR) is 131 cm³/mol. The van der Waals surface area contributed by atoms with Gasteiger partial charge in [-0.3, -0.25) is 9.69 Å². The fourth-order valence-corrected chi connectivity index (χ4v) is 6.08. The van der Waals surface area contributed by atoms with Crippen LogP contribution in [-0.4, -0.2) is 37.6 Å². The lowest BCUT2D eigenvalue weighted by molar-refractivity contribution is -0.121. The summed E-state index contributed by atoms with van der Waals surface area (Å²) in [6.45, 7) is 1.29. The van der Waals surface area contributed by atoms with Crippen LogP contribution in [0.15, 0.2) is 59.5 Å². The van der Waals surface area contributed by atoms with Gasteiger partial charge in [0.25, 0.3) is 5.91 Å². The van der Waals surface area contributed by atoms with E-state index in [9.17, 15) is 18.0 Å². The standard InChI is InChI=1S/C25H26N2O5S2/c1-2-34(30,31)22-15-9-6-12-19(22)24(29)32-17-23(28)27(16-18-10-4-3-5-11-18)25-26-20-13-7-8-14-21(20)33-25/h3-6,9-12,15H,2,7-8,13-14,16-17H2,1H3. The summed E-state index contributed by atoms with van der Waals surface area (Å²) < 4.78 is 30.0. The molecule has 1 aromatic heterocycles. The second-order valence-corrected chi connectivity index (χ2v) is 11.3. The molecular weight excluding hydrogens is 472 g/mol. The molecule has 1 amide bonds. The third kappa shape index (κ3) is 5.37. The van der Waals surface area contributed by atoms with Crippen molar-refractivity contribution in [3.05, 3.63) is 76.3 Å². The maximum Gasteiger partial charge on any atom is 0.339 e. The van der Waals surface area contributed by atoms with Crippen molar-refractivity contribution in [2.24, 2.45) is 0 Å². The number of carbonyl (C=O) groups is 2. The summed E-state index contributed by atoms with van der Waals surface area (Å²) in [5.74, 6) is -1.41. The lowest BCUT2D eigenvalue weighted by Gasteiger charge is -2.20. The van der Waals surface area contributed by atoms with E-state index in [-0.39, 0.29) is 16.2 Å². The molecule has 1 aliphatic carbocycles. The number of amides is 1. The van der Waals surface area contributed by atoms with E-state index >= 15 is 0 Å². The van der Waals surface area contributed by atoms with Gasteiger partial charge in [-0.2, -0.15) is 0 Å². The monoisotopic (exact) mass is 498 g/mol. The summed E-state index contributed by atoms with van der Waals surface area (Å²) in [6, 6.07) is 15.4. The molecule has 0 N–H and O–H groups in total. The minimum absolute atomic E-state index is 0.0727. The van der Waals surface area contributed by atoms with E-state index < -0.39 is 28.3 Å². The Kier molecular flexibility index (Phi) is 7.43. The van der Waals surface area contributed by atoms with Crippen LogP contribution in [0.3, 0.4) is 0 Å². The van der Waals surface area contributed by atoms with E-state index in [1.807, 2.05) is 30.3 Å². The molecule has 1 aliphatic rings. The summed E-state index contributed by atoms with van der Waals surface area (Å²) in [7, 11) is -3.62. The topological polar surface area (TPSA) is 93.6 Å². The smallest absolute Gasteiger partial charge is 0.339 e. The first kappa shape index (κ1) is 24.1. The predicted octanol–water partition coefficient (Wildman–Crippen LogP) is 4.21. The Labute approximate surface area is 203 Å². The number of hydrogen-bond donors (Lipinski definition) is 0. The third-order valence-corrected chi connectivity index (χ3v) is 8.67. The maximum atomic E-state index is 13.2. The van der Waals surface area contributed by atoms with Crippen LogP contribution in [-0.2, 0) is 38.8 Å². The first-order chi connectivity index (χ1) is 16.4. The van der Waals surface area contributed by atoms with Crippen molar-refractivity contribution in [1.29, 1.82) is 0 Å². The highest BCUT2D eigenvalue weighted by Crippen LogP contribution is 2.32. The normalized spacial score (nSPS) is 13.2. The van der Waals surface area contributed by atoms with Gasteiger partial charge in [-0.25, -0.2) is 18.2 Å². The minimum atomic E-state index is -3.62. The summed E-state index contributed by atoms with van der Waals surface area (Å²) in [4.78, 5) is 33.3. The molecule has 3 aromatic rings. The molecule has 0 bridgehead atoms. The summed E-state index contributed by atoms with van der Waals surface area (Å²) >= 11 is 1.50. The molecule has 9 heteroatoms. The molecule has 0 radical (unpaired) electrons. The van der Waals surface area contributed by atoms with Crippen molar-refractivity contribution in [3.63, 3.8) is 0 Å². The first-order valence-electron chi connectivity index (χ1n) is 11.2. The van der Waals surface area contributed by atoms with Gasteiger partial charge in [0.15, 0.2) is 21.6 Å². The quantitative estimate of drug-likeness (QED) is 0.432. The van der Waals surface area contributed by atoms with Crippen LogP contribution in [0.4, 0.5) is 5.13 Å². The van der Waals surface area contributed by atoms with Crippen molar-refractivity contribution in [2.45, 2.75) is 44.0 Å². The Morgan fingerprint density at radius 1 is 1.03 bits per heavy atom. The molecule has 7 nitrogen and oxygen atoms in total. The second kappa shape index (κ2) is 10.5. The van der Waals surface area contributed by atoms with Crippen molar-refractivity contribution in [1.82, 2.24) is 4.98 Å². The van der Waals surface area contributed by atoms with Crippen LogP contribution in [0.1, 0.15) is 46.3 Å². The van der Waals surface area contributed by atoms with Crippen LogP contribution in [0.5, 0.6) is 0 Å². The van der Waals surface area contributed by atoms with Crippen LogP contribution in [0.25, 0.3) is 0 Å². The van der Waals surface area contributed by atoms with Gasteiger partial charge < -0.3 is 4.74 Å². The highest BCUT2D eigenvalue weighted by atomic mass is 32.2. The van der Waals surface area contributed by atoms with Gasteiger partial charge >= 0.3 is 5.97 Å². The number of ether oxygens (including phenoxy) is 1. The van der Waals surface area contributed by atoms with E-state index in [1.54, 1.807) is 17.0 Å². The third-order valence-electron chi connectivity index (χ3n) is 5.70. The first-order valence-corrected chi connectivity index (χ1v) is 13.7. The van der Waals surface area contributed by atoms with Gasteiger partial charge in [0.1, 0.15) is 0 Å². The van der Waals surface area contributed by atoms with Crippen LogP contribution in [0.2, 0.25) is 0 Å². The molecule has 0 saturated heterocycles. The number of aryl methyl sites for hydroxylation is 2. The Morgan fingerprint density at radius 2 is 1.74 bits per heavy atom. The van der Waals surface area contributed by atoms with Gasteiger partial charge in [0.2, 0.25) is 0 Å². The average Bonchev–Trinajstić information content (AvgIpc) is 3.30. The van der Waals surface area contributed by atoms with E-state index in [1.165, 1.54) is 35.3 Å². The van der Waals surface area contributed by atoms with Crippen molar-refractivity contribution in [3.8, 4) is 0 Å². The summed E-state index contributed by atoms with van der Waals surface area (Å²) in [5.41, 5.74) is 1.89. The van der Waals surface area contributed by atoms with Crippen LogP contribution in [0, 0.1) is 0 Å². The SMILES string of the molecule is CCS(=O)(=O)c1ccccc1C(=O)OCC(=O)N(Cc1ccccc1)c1nc2c(s1)CCCC2. The number of esters is 1. The van der Waals surface area contributed by atoms with Crippen LogP contribution < -0.4 is 4.90 Å². The largest absolute Gasteiger partial charge is 0.452 e. The highest BCUT2D eigenvalue weighted by Gasteiger charge is 2.26. The molecular formula is C25H26N2O5S2. The lowest BCUT2D eigenvalue weighted by Crippen LogP contribution is -2.34. The zero-order chi connectivity index (χ0) is 24.1. The Bertz CT molecular complexity index is 1260. The number of anilines is 1. The van der Waals surface area contributed by atoms with Crippen molar-refractivity contribution in [2.75, 3.05) is 17.3 Å². The van der Waals surface area contributed by atoms with E-state index in [0.29, 0.717) is 11.7 Å². The number of fused-ring (bicyclic) bond motifs is 1. The van der Waals surface area contributed by atoms with Gasteiger partial charge in [-0.1, -0.05) is 49.4 Å². The number of rotatable bonds is 8. The fraction of sp³-hybridized carbons (Fsp3) is 0.320. The van der Waals surface area contributed by atoms with Crippen LogP contribution >= 0.6 is 11.3 Å². The van der Waals surface area contributed by atoms with Crippen molar-refractivity contribution >= 4 is 38.2 Å². The Hall–Kier alpha value is -3.04. The molecule has 0 unspecified atom stereocenters.